The van der Waals surface area contributed by atoms with E-state index in [0.717, 1.165) is 12.0 Å². The molecule has 3 saturated carbocycles. The van der Waals surface area contributed by atoms with Gasteiger partial charge in [-0.15, -0.1) is 0 Å². The Bertz CT molecular complexity index is 839. The maximum absolute atomic E-state index is 12.9. The Balaban J connectivity index is 1.21. The van der Waals surface area contributed by atoms with Crippen molar-refractivity contribution in [2.75, 3.05) is 13.1 Å². The van der Waals surface area contributed by atoms with Crippen LogP contribution >= 0.6 is 0 Å². The largest absolute Gasteiger partial charge is 0.353 e. The van der Waals surface area contributed by atoms with Crippen molar-refractivity contribution in [3.8, 4) is 0 Å². The molecule has 27 heavy (non-hydrogen) atoms. The average molecular weight is 389 g/mol. The quantitative estimate of drug-likeness (QED) is 0.862. The average Bonchev–Trinajstić information content (AvgIpc) is 3.27. The second-order valence-electron chi connectivity index (χ2n) is 9.05. The van der Waals surface area contributed by atoms with E-state index in [2.05, 4.69) is 5.32 Å². The fourth-order valence-corrected chi connectivity index (χ4v) is 7.28. The molecule has 0 unspecified atom stereocenters. The summed E-state index contributed by atoms with van der Waals surface area (Å²) in [4.78, 5) is 13.0. The Hall–Kier alpha value is -1.40. The van der Waals surface area contributed by atoms with Crippen molar-refractivity contribution >= 4 is 15.9 Å². The third-order valence-electron chi connectivity index (χ3n) is 7.48. The third-order valence-corrected chi connectivity index (χ3v) is 9.32. The van der Waals surface area contributed by atoms with E-state index in [0.29, 0.717) is 35.7 Å². The fourth-order valence-electron chi connectivity index (χ4n) is 5.75. The summed E-state index contributed by atoms with van der Waals surface area (Å²) in [5.74, 6) is 2.37. The Morgan fingerprint density at radius 1 is 1.04 bits per heavy atom. The van der Waals surface area contributed by atoms with Crippen LogP contribution in [0.15, 0.2) is 29.2 Å². The first-order chi connectivity index (χ1) is 12.9. The Kier molecular flexibility index (Phi) is 4.13. The Morgan fingerprint density at radius 2 is 1.70 bits per heavy atom. The lowest BCUT2D eigenvalue weighted by Crippen LogP contribution is -2.52. The zero-order valence-corrected chi connectivity index (χ0v) is 16.6. The summed E-state index contributed by atoms with van der Waals surface area (Å²) in [6, 6.07) is 7.23. The number of hydrogen-bond acceptors (Lipinski definition) is 3. The fraction of sp³-hybridized carbons (Fsp3) is 0.667. The number of aryl methyl sites for hydroxylation is 1. The summed E-state index contributed by atoms with van der Waals surface area (Å²) in [5.41, 5.74) is 1.05. The van der Waals surface area contributed by atoms with Gasteiger partial charge in [0.25, 0.3) is 0 Å². The van der Waals surface area contributed by atoms with Gasteiger partial charge in [0, 0.05) is 25.0 Å². The summed E-state index contributed by atoms with van der Waals surface area (Å²) in [5, 5.41) is 3.26. The van der Waals surface area contributed by atoms with E-state index in [-0.39, 0.29) is 23.8 Å². The van der Waals surface area contributed by atoms with Gasteiger partial charge in [-0.1, -0.05) is 30.5 Å². The monoisotopic (exact) mass is 388 g/mol. The highest BCUT2D eigenvalue weighted by atomic mass is 32.2. The molecule has 146 valence electrons. The number of fused-ring (bicyclic) bond motifs is 2. The number of hydrogen-bond donors (Lipinski definition) is 1. The Morgan fingerprint density at radius 3 is 2.37 bits per heavy atom. The van der Waals surface area contributed by atoms with Gasteiger partial charge in [0.2, 0.25) is 15.9 Å². The van der Waals surface area contributed by atoms with Crippen LogP contribution in [-0.2, 0) is 14.8 Å². The van der Waals surface area contributed by atoms with Gasteiger partial charge in [0.1, 0.15) is 0 Å². The summed E-state index contributed by atoms with van der Waals surface area (Å²) in [6.07, 6.45) is 5.87. The zero-order chi connectivity index (χ0) is 18.8. The van der Waals surface area contributed by atoms with Crippen LogP contribution in [0.2, 0.25) is 0 Å². The second-order valence-corrected chi connectivity index (χ2v) is 11.0. The molecule has 1 aliphatic heterocycles. The molecule has 1 N–H and O–H groups in total. The molecular formula is C21H28N2O3S. The molecule has 5 nitrogen and oxygen atoms in total. The number of carbonyl (C=O) groups is 1. The van der Waals surface area contributed by atoms with E-state index in [4.69, 9.17) is 0 Å². The van der Waals surface area contributed by atoms with E-state index in [1.165, 1.54) is 25.7 Å². The molecule has 5 rings (SSSR count). The molecule has 0 spiro atoms. The van der Waals surface area contributed by atoms with Crippen LogP contribution < -0.4 is 5.32 Å². The number of nitrogens with zero attached hydrogens (tertiary/aromatic N) is 1. The van der Waals surface area contributed by atoms with Crippen molar-refractivity contribution in [3.05, 3.63) is 29.8 Å². The molecule has 6 heteroatoms. The summed E-state index contributed by atoms with van der Waals surface area (Å²) >= 11 is 0. The molecule has 0 radical (unpaired) electrons. The van der Waals surface area contributed by atoms with E-state index < -0.39 is 10.0 Å². The van der Waals surface area contributed by atoms with Crippen molar-refractivity contribution in [2.45, 2.75) is 50.0 Å². The maximum Gasteiger partial charge on any atom is 0.243 e. The van der Waals surface area contributed by atoms with Gasteiger partial charge >= 0.3 is 0 Å². The lowest BCUT2D eigenvalue weighted by molar-refractivity contribution is -0.125. The lowest BCUT2D eigenvalue weighted by atomic mass is 9.71. The standard InChI is InChI=1S/C21H28N2O3S/c1-13-6-8-15(9-7-13)27(25,26)23-11-14-10-19(18(14)12-23)22-21(24)20-16-4-2-3-5-17(16)20/h6-9,14,16-20H,2-5,10-12H2,1H3,(H,22,24)/t14-,16-,17-,18+,19+/m1/s1. The van der Waals surface area contributed by atoms with Crippen LogP contribution in [-0.4, -0.2) is 37.8 Å². The normalized spacial score (nSPS) is 37.8. The molecule has 1 aromatic rings. The maximum atomic E-state index is 12.9. The summed E-state index contributed by atoms with van der Waals surface area (Å²) < 4.78 is 27.5. The molecule has 5 atom stereocenters. The minimum atomic E-state index is -3.43. The predicted octanol–water partition coefficient (Wildman–Crippen LogP) is 2.56. The highest BCUT2D eigenvalue weighted by molar-refractivity contribution is 7.89. The highest BCUT2D eigenvalue weighted by Gasteiger charge is 2.57. The SMILES string of the molecule is Cc1ccc(S(=O)(=O)N2C[C@H]3C[C@H](NC(=O)C4[C@@H]5CCCC[C@@H]45)[C@H]3C2)cc1. The van der Waals surface area contributed by atoms with Crippen LogP contribution in [0.25, 0.3) is 0 Å². The van der Waals surface area contributed by atoms with E-state index in [1.54, 1.807) is 16.4 Å². The minimum Gasteiger partial charge on any atom is -0.353 e. The van der Waals surface area contributed by atoms with Crippen LogP contribution in [0, 0.1) is 36.5 Å². The zero-order valence-electron chi connectivity index (χ0n) is 15.8. The van der Waals surface area contributed by atoms with Crippen LogP contribution in [0.5, 0.6) is 0 Å². The van der Waals surface area contributed by atoms with Gasteiger partial charge in [-0.05, 0) is 62.0 Å². The van der Waals surface area contributed by atoms with Crippen molar-refractivity contribution in [1.29, 1.82) is 0 Å². The first kappa shape index (κ1) is 17.7. The second kappa shape index (κ2) is 6.31. The van der Waals surface area contributed by atoms with Gasteiger partial charge in [-0.3, -0.25) is 4.79 Å². The molecule has 0 bridgehead atoms. The van der Waals surface area contributed by atoms with E-state index in [1.807, 2.05) is 19.1 Å². The molecule has 3 aliphatic carbocycles. The molecule has 0 aromatic heterocycles. The van der Waals surface area contributed by atoms with Crippen molar-refractivity contribution in [3.63, 3.8) is 0 Å². The van der Waals surface area contributed by atoms with E-state index >= 15 is 0 Å². The van der Waals surface area contributed by atoms with Crippen molar-refractivity contribution in [2.24, 2.45) is 29.6 Å². The van der Waals surface area contributed by atoms with Crippen molar-refractivity contribution < 1.29 is 13.2 Å². The highest BCUT2D eigenvalue weighted by Crippen LogP contribution is 2.55. The molecule has 1 amide bonds. The molecule has 4 aliphatic rings. The first-order valence-electron chi connectivity index (χ1n) is 10.3. The number of benzene rings is 1. The molecule has 1 heterocycles. The summed E-state index contributed by atoms with van der Waals surface area (Å²) in [6.45, 7) is 3.07. The number of sulfonamides is 1. The smallest absolute Gasteiger partial charge is 0.243 e. The lowest BCUT2D eigenvalue weighted by Gasteiger charge is -2.39. The number of amides is 1. The van der Waals surface area contributed by atoms with Crippen LogP contribution in [0.1, 0.15) is 37.7 Å². The predicted molar refractivity (Wildman–Crippen MR) is 102 cm³/mol. The minimum absolute atomic E-state index is 0.156. The first-order valence-corrected chi connectivity index (χ1v) is 11.8. The Labute approximate surface area is 161 Å². The van der Waals surface area contributed by atoms with Gasteiger partial charge in [0.05, 0.1) is 4.90 Å². The summed E-state index contributed by atoms with van der Waals surface area (Å²) in [7, 11) is -3.43. The van der Waals surface area contributed by atoms with Gasteiger partial charge in [0.15, 0.2) is 0 Å². The molecule has 1 aromatic carbocycles. The number of carbonyl (C=O) groups excluding carboxylic acids is 1. The third kappa shape index (κ3) is 2.92. The van der Waals surface area contributed by atoms with Crippen LogP contribution in [0.3, 0.4) is 0 Å². The van der Waals surface area contributed by atoms with Crippen molar-refractivity contribution in [1.82, 2.24) is 9.62 Å². The molecule has 1 saturated heterocycles. The van der Waals surface area contributed by atoms with Gasteiger partial charge in [-0.2, -0.15) is 4.31 Å². The van der Waals surface area contributed by atoms with Crippen LogP contribution in [0.4, 0.5) is 0 Å². The topological polar surface area (TPSA) is 66.5 Å². The number of nitrogens with one attached hydrogen (secondary N) is 1. The van der Waals surface area contributed by atoms with Gasteiger partial charge < -0.3 is 5.32 Å². The molecular weight excluding hydrogens is 360 g/mol. The van der Waals surface area contributed by atoms with Gasteiger partial charge in [-0.25, -0.2) is 8.42 Å². The number of rotatable bonds is 4. The van der Waals surface area contributed by atoms with E-state index in [9.17, 15) is 13.2 Å². The molecule has 4 fully saturated rings.